The minimum Gasteiger partial charge on any atom is -0.495 e. The molecule has 0 fully saturated rings. The summed E-state index contributed by atoms with van der Waals surface area (Å²) < 4.78 is 10.3. The molecule has 1 rings (SSSR count). The highest BCUT2D eigenvalue weighted by Gasteiger charge is 2.14. The fraction of sp³-hybridized carbons (Fsp3) is 0.308. The molecule has 20 heavy (non-hydrogen) atoms. The highest BCUT2D eigenvalue weighted by atomic mass is 16.5. The van der Waals surface area contributed by atoms with Crippen molar-refractivity contribution in [1.29, 1.82) is 0 Å². The van der Waals surface area contributed by atoms with Crippen LogP contribution >= 0.6 is 0 Å². The van der Waals surface area contributed by atoms with Gasteiger partial charge in [-0.25, -0.2) is 4.79 Å². The van der Waals surface area contributed by atoms with Gasteiger partial charge in [-0.15, -0.1) is 0 Å². The van der Waals surface area contributed by atoms with E-state index in [9.17, 15) is 4.79 Å². The van der Waals surface area contributed by atoms with E-state index in [4.69, 9.17) is 20.1 Å². The van der Waals surface area contributed by atoms with Crippen molar-refractivity contribution in [3.63, 3.8) is 0 Å². The van der Waals surface area contributed by atoms with E-state index in [2.05, 4.69) is 21.9 Å². The van der Waals surface area contributed by atoms with Gasteiger partial charge >= 0.3 is 5.97 Å². The molecule has 0 amide bonds. The maximum Gasteiger partial charge on any atom is 0.335 e. The van der Waals surface area contributed by atoms with Gasteiger partial charge in [0.25, 0.3) is 0 Å². The number of azide groups is 1. The molecule has 7 nitrogen and oxygen atoms in total. The summed E-state index contributed by atoms with van der Waals surface area (Å²) in [6.07, 6.45) is 0.386. The van der Waals surface area contributed by atoms with Crippen LogP contribution in [0.3, 0.4) is 0 Å². The van der Waals surface area contributed by atoms with Crippen LogP contribution in [0, 0.1) is 11.8 Å². The van der Waals surface area contributed by atoms with Gasteiger partial charge in [-0.2, -0.15) is 0 Å². The molecule has 0 heterocycles. The van der Waals surface area contributed by atoms with E-state index >= 15 is 0 Å². The number of hydrogen-bond acceptors (Lipinski definition) is 4. The fourth-order valence-electron chi connectivity index (χ4n) is 1.46. The summed E-state index contributed by atoms with van der Waals surface area (Å²) >= 11 is 0. The van der Waals surface area contributed by atoms with Crippen molar-refractivity contribution < 1.29 is 19.4 Å². The number of benzene rings is 1. The lowest BCUT2D eigenvalue weighted by Gasteiger charge is -2.10. The maximum atomic E-state index is 11.0. The van der Waals surface area contributed by atoms with Crippen LogP contribution in [0.4, 0.5) is 0 Å². The molecule has 0 aromatic heterocycles. The number of aromatic carboxylic acids is 1. The molecule has 104 valence electrons. The molecule has 1 aromatic carbocycles. The van der Waals surface area contributed by atoms with E-state index in [0.29, 0.717) is 23.5 Å². The van der Waals surface area contributed by atoms with Gasteiger partial charge in [0, 0.05) is 17.9 Å². The maximum absolute atomic E-state index is 11.0. The van der Waals surface area contributed by atoms with Crippen LogP contribution in [-0.2, 0) is 0 Å². The van der Waals surface area contributed by atoms with Gasteiger partial charge in [0.15, 0.2) is 0 Å². The first-order valence-electron chi connectivity index (χ1n) is 5.63. The molecular formula is C13H13N3O4. The molecule has 1 aromatic rings. The van der Waals surface area contributed by atoms with Crippen LogP contribution in [-0.4, -0.2) is 31.8 Å². The Morgan fingerprint density at radius 1 is 1.40 bits per heavy atom. The first kappa shape index (κ1) is 15.2. The van der Waals surface area contributed by atoms with Crippen LogP contribution in [0.1, 0.15) is 22.3 Å². The first-order chi connectivity index (χ1) is 9.63. The smallest absolute Gasteiger partial charge is 0.335 e. The Kier molecular flexibility index (Phi) is 5.75. The highest BCUT2D eigenvalue weighted by molar-refractivity contribution is 5.89. The second kappa shape index (κ2) is 7.56. The lowest BCUT2D eigenvalue weighted by Crippen LogP contribution is -2.01. The van der Waals surface area contributed by atoms with Crippen molar-refractivity contribution in [2.24, 2.45) is 5.11 Å². The zero-order valence-electron chi connectivity index (χ0n) is 11.1. The monoisotopic (exact) mass is 275 g/mol. The number of rotatable bonds is 5. The molecule has 0 saturated heterocycles. The van der Waals surface area contributed by atoms with E-state index in [1.807, 2.05) is 0 Å². The summed E-state index contributed by atoms with van der Waals surface area (Å²) in [4.78, 5) is 13.6. The summed E-state index contributed by atoms with van der Waals surface area (Å²) in [7, 11) is 2.84. The number of nitrogens with zero attached hydrogens (tertiary/aromatic N) is 3. The van der Waals surface area contributed by atoms with Gasteiger partial charge in [-0.3, -0.25) is 0 Å². The third-order valence-electron chi connectivity index (χ3n) is 2.37. The minimum absolute atomic E-state index is 0.0540. The molecule has 7 heteroatoms. The second-order valence-corrected chi connectivity index (χ2v) is 3.57. The number of carboxylic acid groups (broad SMARTS) is 1. The van der Waals surface area contributed by atoms with Crippen molar-refractivity contribution >= 4 is 5.97 Å². The van der Waals surface area contributed by atoms with Crippen LogP contribution in [0.15, 0.2) is 17.2 Å². The van der Waals surface area contributed by atoms with Crippen molar-refractivity contribution in [2.75, 3.05) is 20.8 Å². The van der Waals surface area contributed by atoms with Crippen LogP contribution in [0.2, 0.25) is 0 Å². The van der Waals surface area contributed by atoms with Crippen LogP contribution in [0.25, 0.3) is 10.4 Å². The van der Waals surface area contributed by atoms with E-state index in [1.165, 1.54) is 26.4 Å². The van der Waals surface area contributed by atoms with Crippen molar-refractivity contribution in [3.05, 3.63) is 33.7 Å². The summed E-state index contributed by atoms with van der Waals surface area (Å²) in [5.74, 6) is 5.20. The quantitative estimate of drug-likeness (QED) is 0.293. The van der Waals surface area contributed by atoms with Crippen molar-refractivity contribution in [2.45, 2.75) is 6.42 Å². The Bertz CT molecular complexity index is 585. The SMILES string of the molecule is COc1cc(C(=O)O)cc(OC)c1C#CCCN=[N+]=[N-]. The highest BCUT2D eigenvalue weighted by Crippen LogP contribution is 2.29. The van der Waals surface area contributed by atoms with Gasteiger partial charge in [0.2, 0.25) is 0 Å². The number of hydrogen-bond donors (Lipinski definition) is 1. The molecule has 0 aliphatic rings. The average Bonchev–Trinajstić information content (AvgIpc) is 2.46. The van der Waals surface area contributed by atoms with Gasteiger partial charge < -0.3 is 14.6 Å². The molecule has 0 atom stereocenters. The molecule has 0 aliphatic heterocycles. The van der Waals surface area contributed by atoms with Gasteiger partial charge in [0.05, 0.1) is 19.8 Å². The zero-order chi connectivity index (χ0) is 15.0. The summed E-state index contributed by atoms with van der Waals surface area (Å²) in [5.41, 5.74) is 8.66. The third-order valence-corrected chi connectivity index (χ3v) is 2.37. The molecule has 1 N–H and O–H groups in total. The number of ether oxygens (including phenoxy) is 2. The first-order valence-corrected chi connectivity index (χ1v) is 5.63. The summed E-state index contributed by atoms with van der Waals surface area (Å²) in [6.45, 7) is 0.265. The van der Waals surface area contributed by atoms with Crippen molar-refractivity contribution in [3.8, 4) is 23.3 Å². The van der Waals surface area contributed by atoms with E-state index < -0.39 is 5.97 Å². The predicted octanol–water partition coefficient (Wildman–Crippen LogP) is 2.45. The average molecular weight is 275 g/mol. The molecular weight excluding hydrogens is 262 g/mol. The van der Waals surface area contributed by atoms with E-state index in [-0.39, 0.29) is 12.1 Å². The molecule has 0 aliphatic carbocycles. The number of carboxylic acids is 1. The number of methoxy groups -OCH3 is 2. The Hall–Kier alpha value is -2.84. The normalized spacial score (nSPS) is 8.90. The minimum atomic E-state index is -1.08. The molecule has 0 saturated carbocycles. The third kappa shape index (κ3) is 3.83. The molecule has 0 unspecified atom stereocenters. The topological polar surface area (TPSA) is 105 Å². The Labute approximate surface area is 115 Å². The van der Waals surface area contributed by atoms with Gasteiger partial charge in [-0.05, 0) is 17.7 Å². The Morgan fingerprint density at radius 3 is 2.45 bits per heavy atom. The van der Waals surface area contributed by atoms with E-state index in [1.54, 1.807) is 0 Å². The Balaban J connectivity index is 3.16. The lowest BCUT2D eigenvalue weighted by molar-refractivity contribution is 0.0696. The second-order valence-electron chi connectivity index (χ2n) is 3.57. The number of carbonyl (C=O) groups is 1. The summed E-state index contributed by atoms with van der Waals surface area (Å²) in [6, 6.07) is 2.75. The fourth-order valence-corrected chi connectivity index (χ4v) is 1.46. The lowest BCUT2D eigenvalue weighted by atomic mass is 10.1. The molecule has 0 spiro atoms. The van der Waals surface area contributed by atoms with Gasteiger partial charge in [0.1, 0.15) is 17.1 Å². The molecule has 0 bridgehead atoms. The largest absolute Gasteiger partial charge is 0.495 e. The predicted molar refractivity (Wildman–Crippen MR) is 72.0 cm³/mol. The van der Waals surface area contributed by atoms with Crippen molar-refractivity contribution in [1.82, 2.24) is 0 Å². The van der Waals surface area contributed by atoms with Crippen LogP contribution < -0.4 is 9.47 Å². The summed E-state index contributed by atoms with van der Waals surface area (Å²) in [5, 5.41) is 12.4. The standard InChI is InChI=1S/C13H13N3O4/c1-19-11-7-9(13(17)18)8-12(20-2)10(11)5-3-4-6-15-16-14/h7-8H,4,6H2,1-2H3,(H,17,18). The zero-order valence-corrected chi connectivity index (χ0v) is 11.1. The van der Waals surface area contributed by atoms with Gasteiger partial charge in [-0.1, -0.05) is 17.0 Å². The Morgan fingerprint density at radius 2 is 2.00 bits per heavy atom. The van der Waals surface area contributed by atoms with E-state index in [0.717, 1.165) is 0 Å². The molecule has 0 radical (unpaired) electrons. The van der Waals surface area contributed by atoms with Crippen LogP contribution in [0.5, 0.6) is 11.5 Å².